The Labute approximate surface area is 178 Å². The average Bonchev–Trinajstić information content (AvgIpc) is 2.98. The fourth-order valence-corrected chi connectivity index (χ4v) is 3.59. The molecule has 1 heterocycles. The zero-order valence-corrected chi connectivity index (χ0v) is 17.1. The number of hydrogen-bond acceptors (Lipinski definition) is 6. The van der Waals surface area contributed by atoms with Crippen molar-refractivity contribution in [2.75, 3.05) is 27.2 Å². The Bertz CT molecular complexity index is 1050. The van der Waals surface area contributed by atoms with Crippen molar-refractivity contribution in [3.63, 3.8) is 0 Å². The van der Waals surface area contributed by atoms with E-state index in [0.717, 1.165) is 12.1 Å². The molecule has 1 amide bonds. The van der Waals surface area contributed by atoms with E-state index in [1.54, 1.807) is 6.07 Å². The Morgan fingerprint density at radius 1 is 1.19 bits per heavy atom. The smallest absolute Gasteiger partial charge is 0.295 e. The van der Waals surface area contributed by atoms with E-state index in [-0.39, 0.29) is 23.4 Å². The molecule has 31 heavy (non-hydrogen) atoms. The van der Waals surface area contributed by atoms with Crippen molar-refractivity contribution in [3.8, 4) is 0 Å². The third-order valence-electron chi connectivity index (χ3n) is 5.06. The lowest BCUT2D eigenvalue weighted by molar-refractivity contribution is -0.384. The van der Waals surface area contributed by atoms with Gasteiger partial charge in [0.1, 0.15) is 11.6 Å². The molecule has 0 aliphatic carbocycles. The third kappa shape index (κ3) is 4.61. The maximum atomic E-state index is 13.3. The molecular weight excluding hydrogens is 405 g/mol. The Balaban J connectivity index is 2.13. The van der Waals surface area contributed by atoms with Gasteiger partial charge in [-0.05, 0) is 56.9 Å². The Morgan fingerprint density at radius 2 is 1.87 bits per heavy atom. The van der Waals surface area contributed by atoms with Crippen LogP contribution in [0.3, 0.4) is 0 Å². The molecule has 1 aliphatic rings. The van der Waals surface area contributed by atoms with E-state index in [9.17, 15) is 29.2 Å². The highest BCUT2D eigenvalue weighted by molar-refractivity contribution is 6.46. The molecule has 0 aromatic heterocycles. The van der Waals surface area contributed by atoms with Gasteiger partial charge in [0.25, 0.3) is 17.4 Å². The third-order valence-corrected chi connectivity index (χ3v) is 5.06. The lowest BCUT2D eigenvalue weighted by atomic mass is 9.95. The highest BCUT2D eigenvalue weighted by Crippen LogP contribution is 2.40. The normalized spacial score (nSPS) is 18.1. The van der Waals surface area contributed by atoms with Gasteiger partial charge in [0.05, 0.1) is 16.5 Å². The van der Waals surface area contributed by atoms with Gasteiger partial charge in [-0.2, -0.15) is 0 Å². The second-order valence-corrected chi connectivity index (χ2v) is 7.51. The molecule has 9 heteroatoms. The Kier molecular flexibility index (Phi) is 6.45. The van der Waals surface area contributed by atoms with Crippen molar-refractivity contribution >= 4 is 23.1 Å². The average molecular weight is 427 g/mol. The monoisotopic (exact) mass is 427 g/mol. The number of ketones is 1. The van der Waals surface area contributed by atoms with Crippen molar-refractivity contribution in [1.29, 1.82) is 0 Å². The van der Waals surface area contributed by atoms with Crippen LogP contribution in [0.25, 0.3) is 5.76 Å². The first-order chi connectivity index (χ1) is 14.7. The van der Waals surface area contributed by atoms with Gasteiger partial charge in [-0.25, -0.2) is 4.39 Å². The zero-order chi connectivity index (χ0) is 22.7. The van der Waals surface area contributed by atoms with E-state index in [1.165, 1.54) is 35.2 Å². The number of carbonyl (C=O) groups is 2. The number of non-ortho nitro benzene ring substituents is 1. The van der Waals surface area contributed by atoms with Crippen LogP contribution in [0.15, 0.2) is 54.1 Å². The minimum atomic E-state index is -0.993. The van der Waals surface area contributed by atoms with E-state index < -0.39 is 34.2 Å². The molecule has 1 fully saturated rings. The van der Waals surface area contributed by atoms with Crippen LogP contribution < -0.4 is 0 Å². The fourth-order valence-electron chi connectivity index (χ4n) is 3.59. The summed E-state index contributed by atoms with van der Waals surface area (Å²) < 4.78 is 13.3. The van der Waals surface area contributed by atoms with E-state index in [2.05, 4.69) is 0 Å². The first-order valence-corrected chi connectivity index (χ1v) is 9.64. The van der Waals surface area contributed by atoms with Gasteiger partial charge >= 0.3 is 0 Å². The first kappa shape index (κ1) is 22.1. The first-order valence-electron chi connectivity index (χ1n) is 9.64. The van der Waals surface area contributed by atoms with E-state index >= 15 is 0 Å². The van der Waals surface area contributed by atoms with Crippen molar-refractivity contribution < 1.29 is 24.0 Å². The van der Waals surface area contributed by atoms with Crippen molar-refractivity contribution in [2.24, 2.45) is 0 Å². The minimum absolute atomic E-state index is 0.170. The predicted molar refractivity (Wildman–Crippen MR) is 112 cm³/mol. The summed E-state index contributed by atoms with van der Waals surface area (Å²) >= 11 is 0. The summed E-state index contributed by atoms with van der Waals surface area (Å²) in [7, 11) is 3.75. The fraction of sp³-hybridized carbons (Fsp3) is 0.273. The van der Waals surface area contributed by atoms with Gasteiger partial charge < -0.3 is 14.9 Å². The van der Waals surface area contributed by atoms with Gasteiger partial charge in [-0.3, -0.25) is 19.7 Å². The number of halogens is 1. The highest BCUT2D eigenvalue weighted by atomic mass is 19.1. The van der Waals surface area contributed by atoms with E-state index in [4.69, 9.17) is 0 Å². The van der Waals surface area contributed by atoms with Crippen LogP contribution in [0.1, 0.15) is 23.6 Å². The van der Waals surface area contributed by atoms with Gasteiger partial charge in [0.2, 0.25) is 0 Å². The minimum Gasteiger partial charge on any atom is -0.507 e. The Hall–Kier alpha value is -3.59. The lowest BCUT2D eigenvalue weighted by Crippen LogP contribution is -2.32. The predicted octanol–water partition coefficient (Wildman–Crippen LogP) is 3.11. The van der Waals surface area contributed by atoms with Crippen LogP contribution >= 0.6 is 0 Å². The standard InChI is InChI=1S/C22H22FN3O5/c1-24(2)11-4-12-25-19(15-5-3-6-17(13-15)26(30)31)18(21(28)22(25)29)20(27)14-7-9-16(23)10-8-14/h3,5-10,13,19,27H,4,11-12H2,1-2H3/b20-18+. The Morgan fingerprint density at radius 3 is 2.48 bits per heavy atom. The number of aliphatic hydroxyl groups excluding tert-OH is 1. The number of nitro benzene ring substituents is 1. The van der Waals surface area contributed by atoms with Gasteiger partial charge in [0.15, 0.2) is 0 Å². The maximum absolute atomic E-state index is 13.3. The van der Waals surface area contributed by atoms with Crippen LogP contribution in [-0.4, -0.2) is 58.7 Å². The number of rotatable bonds is 7. The number of nitrogens with zero attached hydrogens (tertiary/aromatic N) is 3. The molecule has 0 bridgehead atoms. The van der Waals surface area contributed by atoms with Crippen LogP contribution in [0.5, 0.6) is 0 Å². The summed E-state index contributed by atoms with van der Waals surface area (Å²) in [5.74, 6) is -2.65. The van der Waals surface area contributed by atoms with Crippen LogP contribution in [0.4, 0.5) is 10.1 Å². The second-order valence-electron chi connectivity index (χ2n) is 7.51. The van der Waals surface area contributed by atoms with Crippen molar-refractivity contribution in [2.45, 2.75) is 12.5 Å². The van der Waals surface area contributed by atoms with Crippen LogP contribution in [0, 0.1) is 15.9 Å². The zero-order valence-electron chi connectivity index (χ0n) is 17.1. The molecule has 1 atom stereocenters. The van der Waals surface area contributed by atoms with Crippen LogP contribution in [-0.2, 0) is 9.59 Å². The summed E-state index contributed by atoms with van der Waals surface area (Å²) in [6.45, 7) is 0.874. The topological polar surface area (TPSA) is 104 Å². The number of aliphatic hydroxyl groups is 1. The largest absolute Gasteiger partial charge is 0.507 e. The highest BCUT2D eigenvalue weighted by Gasteiger charge is 2.46. The number of likely N-dealkylation sites (tertiary alicyclic amines) is 1. The molecule has 162 valence electrons. The van der Waals surface area contributed by atoms with Gasteiger partial charge in [0, 0.05) is 24.2 Å². The summed E-state index contributed by atoms with van der Waals surface area (Å²) in [5.41, 5.74) is 0.130. The van der Waals surface area contributed by atoms with E-state index in [1.807, 2.05) is 19.0 Å². The number of amides is 1. The molecule has 2 aromatic rings. The second kappa shape index (κ2) is 9.05. The number of hydrogen-bond donors (Lipinski definition) is 1. The molecule has 1 N–H and O–H groups in total. The van der Waals surface area contributed by atoms with Gasteiger partial charge in [-0.1, -0.05) is 12.1 Å². The molecular formula is C22H22FN3O5. The van der Waals surface area contributed by atoms with Gasteiger partial charge in [-0.15, -0.1) is 0 Å². The maximum Gasteiger partial charge on any atom is 0.295 e. The molecule has 0 radical (unpaired) electrons. The molecule has 1 saturated heterocycles. The van der Waals surface area contributed by atoms with E-state index in [0.29, 0.717) is 18.5 Å². The summed E-state index contributed by atoms with van der Waals surface area (Å²) in [6, 6.07) is 9.49. The van der Waals surface area contributed by atoms with Crippen LogP contribution in [0.2, 0.25) is 0 Å². The number of nitro groups is 1. The molecule has 0 saturated carbocycles. The molecule has 3 rings (SSSR count). The lowest BCUT2D eigenvalue weighted by Gasteiger charge is -2.25. The number of carbonyl (C=O) groups excluding carboxylic acids is 2. The van der Waals surface area contributed by atoms with Crippen molar-refractivity contribution in [3.05, 3.63) is 81.2 Å². The molecule has 1 aliphatic heterocycles. The SMILES string of the molecule is CN(C)CCCN1C(=O)C(=O)/C(=C(/O)c2ccc(F)cc2)C1c1cccc([N+](=O)[O-])c1. The molecule has 2 aromatic carbocycles. The van der Waals surface area contributed by atoms with Crippen molar-refractivity contribution in [1.82, 2.24) is 9.80 Å². The summed E-state index contributed by atoms with van der Waals surface area (Å²) in [4.78, 5) is 39.6. The molecule has 1 unspecified atom stereocenters. The number of Topliss-reactive ketones (excluding diaryl/α,β-unsaturated/α-hetero) is 1. The summed E-state index contributed by atoms with van der Waals surface area (Å²) in [5, 5.41) is 22.1. The quantitative estimate of drug-likeness (QED) is 0.239. The molecule has 8 nitrogen and oxygen atoms in total. The molecule has 0 spiro atoms. The number of benzene rings is 2. The summed E-state index contributed by atoms with van der Waals surface area (Å²) in [6.07, 6.45) is 0.558.